The summed E-state index contributed by atoms with van der Waals surface area (Å²) >= 11 is 0. The standard InChI is InChI=1S/C27H34N2O/c1-3-5-7-9-22-11-13-24(14-12-22)21-30-27-20-28-26(19-29-27)25-17-15-23(16-18-25)10-8-6-4-2/h11-20H,3-10,21H2,1-2H3. The molecule has 0 fully saturated rings. The SMILES string of the molecule is CCCCCc1ccc(COc2cnc(-c3ccc(CCCCC)cc3)cn2)cc1. The summed E-state index contributed by atoms with van der Waals surface area (Å²) in [6.07, 6.45) is 13.4. The molecule has 30 heavy (non-hydrogen) atoms. The summed E-state index contributed by atoms with van der Waals surface area (Å²) in [5, 5.41) is 0. The van der Waals surface area contributed by atoms with Gasteiger partial charge in [0.15, 0.2) is 0 Å². The van der Waals surface area contributed by atoms with Crippen molar-refractivity contribution in [2.45, 2.75) is 71.8 Å². The van der Waals surface area contributed by atoms with E-state index in [-0.39, 0.29) is 0 Å². The quantitative estimate of drug-likeness (QED) is 0.301. The number of ether oxygens (including phenoxy) is 1. The molecule has 0 saturated heterocycles. The van der Waals surface area contributed by atoms with Gasteiger partial charge in [-0.1, -0.05) is 88.1 Å². The summed E-state index contributed by atoms with van der Waals surface area (Å²) in [6, 6.07) is 17.4. The smallest absolute Gasteiger partial charge is 0.232 e. The Balaban J connectivity index is 1.49. The second-order valence-electron chi connectivity index (χ2n) is 7.96. The van der Waals surface area contributed by atoms with Crippen LogP contribution in [0.2, 0.25) is 0 Å². The molecular weight excluding hydrogens is 368 g/mol. The number of benzene rings is 2. The van der Waals surface area contributed by atoms with Crippen molar-refractivity contribution in [2.75, 3.05) is 0 Å². The summed E-state index contributed by atoms with van der Waals surface area (Å²) in [5.41, 5.74) is 5.90. The normalized spacial score (nSPS) is 10.9. The van der Waals surface area contributed by atoms with Gasteiger partial charge in [-0.2, -0.15) is 0 Å². The van der Waals surface area contributed by atoms with E-state index in [0.717, 1.165) is 29.7 Å². The largest absolute Gasteiger partial charge is 0.472 e. The lowest BCUT2D eigenvalue weighted by atomic mass is 10.0. The van der Waals surface area contributed by atoms with Gasteiger partial charge in [-0.3, -0.25) is 0 Å². The summed E-state index contributed by atoms with van der Waals surface area (Å²) in [6.45, 7) is 4.98. The molecule has 0 aliphatic rings. The van der Waals surface area contributed by atoms with Crippen LogP contribution in [0.3, 0.4) is 0 Å². The van der Waals surface area contributed by atoms with Gasteiger partial charge < -0.3 is 4.74 Å². The number of hydrogen-bond acceptors (Lipinski definition) is 3. The first-order valence-electron chi connectivity index (χ1n) is 11.4. The molecule has 0 saturated carbocycles. The molecule has 3 rings (SSSR count). The van der Waals surface area contributed by atoms with Crippen molar-refractivity contribution < 1.29 is 4.74 Å². The van der Waals surface area contributed by atoms with Crippen molar-refractivity contribution in [3.8, 4) is 17.1 Å². The highest BCUT2D eigenvalue weighted by Crippen LogP contribution is 2.19. The summed E-state index contributed by atoms with van der Waals surface area (Å²) in [4.78, 5) is 8.97. The third kappa shape index (κ3) is 6.98. The molecule has 0 aliphatic carbocycles. The molecule has 0 bridgehead atoms. The third-order valence-electron chi connectivity index (χ3n) is 5.43. The minimum atomic E-state index is 0.510. The van der Waals surface area contributed by atoms with Crippen molar-refractivity contribution in [2.24, 2.45) is 0 Å². The Hall–Kier alpha value is -2.68. The lowest BCUT2D eigenvalue weighted by molar-refractivity contribution is 0.292. The number of rotatable bonds is 12. The fourth-order valence-electron chi connectivity index (χ4n) is 3.50. The molecule has 158 valence electrons. The van der Waals surface area contributed by atoms with Crippen LogP contribution >= 0.6 is 0 Å². The Morgan fingerprint density at radius 2 is 1.20 bits per heavy atom. The third-order valence-corrected chi connectivity index (χ3v) is 5.43. The highest BCUT2D eigenvalue weighted by molar-refractivity contribution is 5.58. The van der Waals surface area contributed by atoms with E-state index in [0.29, 0.717) is 12.5 Å². The van der Waals surface area contributed by atoms with Crippen LogP contribution in [0, 0.1) is 0 Å². The lowest BCUT2D eigenvalue weighted by Gasteiger charge is -2.08. The van der Waals surface area contributed by atoms with E-state index in [1.807, 2.05) is 0 Å². The molecule has 2 aromatic carbocycles. The summed E-state index contributed by atoms with van der Waals surface area (Å²) in [5.74, 6) is 0.557. The summed E-state index contributed by atoms with van der Waals surface area (Å²) < 4.78 is 5.82. The first kappa shape index (κ1) is 22.0. The molecule has 3 aromatic rings. The minimum Gasteiger partial charge on any atom is -0.472 e. The molecule has 3 nitrogen and oxygen atoms in total. The van der Waals surface area contributed by atoms with E-state index in [9.17, 15) is 0 Å². The van der Waals surface area contributed by atoms with Crippen LogP contribution < -0.4 is 4.74 Å². The lowest BCUT2D eigenvalue weighted by Crippen LogP contribution is -1.98. The van der Waals surface area contributed by atoms with Crippen LogP contribution in [-0.4, -0.2) is 9.97 Å². The van der Waals surface area contributed by atoms with E-state index < -0.39 is 0 Å². The average molecular weight is 403 g/mol. The topological polar surface area (TPSA) is 35.0 Å². The van der Waals surface area contributed by atoms with Crippen LogP contribution in [0.5, 0.6) is 5.88 Å². The minimum absolute atomic E-state index is 0.510. The predicted molar refractivity (Wildman–Crippen MR) is 125 cm³/mol. The predicted octanol–water partition coefficient (Wildman–Crippen LogP) is 7.19. The zero-order chi connectivity index (χ0) is 21.0. The molecule has 0 unspecified atom stereocenters. The number of aromatic nitrogens is 2. The van der Waals surface area contributed by atoms with Gasteiger partial charge in [0.1, 0.15) is 6.61 Å². The number of hydrogen-bond donors (Lipinski definition) is 0. The van der Waals surface area contributed by atoms with Gasteiger partial charge in [0.05, 0.1) is 18.1 Å². The van der Waals surface area contributed by atoms with Gasteiger partial charge in [0, 0.05) is 5.56 Å². The fourth-order valence-corrected chi connectivity index (χ4v) is 3.50. The van der Waals surface area contributed by atoms with Crippen LogP contribution in [0.15, 0.2) is 60.9 Å². The molecule has 3 heteroatoms. The Labute approximate surface area is 181 Å². The van der Waals surface area contributed by atoms with Gasteiger partial charge >= 0.3 is 0 Å². The van der Waals surface area contributed by atoms with Crippen LogP contribution in [0.4, 0.5) is 0 Å². The van der Waals surface area contributed by atoms with Crippen LogP contribution in [0.25, 0.3) is 11.3 Å². The molecule has 1 heterocycles. The molecule has 0 amide bonds. The Morgan fingerprint density at radius 1 is 0.633 bits per heavy atom. The fraction of sp³-hybridized carbons (Fsp3) is 0.407. The van der Waals surface area contributed by atoms with Crippen molar-refractivity contribution in [1.29, 1.82) is 0 Å². The number of nitrogens with zero attached hydrogens (tertiary/aromatic N) is 2. The second-order valence-corrected chi connectivity index (χ2v) is 7.96. The zero-order valence-electron chi connectivity index (χ0n) is 18.4. The maximum Gasteiger partial charge on any atom is 0.232 e. The Bertz CT molecular complexity index is 855. The number of unbranched alkanes of at least 4 members (excludes halogenated alkanes) is 4. The van der Waals surface area contributed by atoms with E-state index in [1.165, 1.54) is 49.7 Å². The van der Waals surface area contributed by atoms with E-state index in [1.54, 1.807) is 12.4 Å². The zero-order valence-corrected chi connectivity index (χ0v) is 18.4. The van der Waals surface area contributed by atoms with Crippen molar-refractivity contribution >= 4 is 0 Å². The molecule has 0 spiro atoms. The van der Waals surface area contributed by atoms with Gasteiger partial charge in [0.2, 0.25) is 5.88 Å². The molecule has 0 radical (unpaired) electrons. The highest BCUT2D eigenvalue weighted by Gasteiger charge is 2.03. The second kappa shape index (κ2) is 12.1. The van der Waals surface area contributed by atoms with Crippen molar-refractivity contribution in [3.63, 3.8) is 0 Å². The average Bonchev–Trinajstić information content (AvgIpc) is 2.80. The molecular formula is C27H34N2O. The Kier molecular flexibility index (Phi) is 8.89. The monoisotopic (exact) mass is 402 g/mol. The first-order valence-corrected chi connectivity index (χ1v) is 11.4. The van der Waals surface area contributed by atoms with Gasteiger partial charge in [-0.15, -0.1) is 0 Å². The van der Waals surface area contributed by atoms with E-state index >= 15 is 0 Å². The van der Waals surface area contributed by atoms with Crippen LogP contribution in [-0.2, 0) is 19.4 Å². The van der Waals surface area contributed by atoms with Gasteiger partial charge in [-0.25, -0.2) is 9.97 Å². The summed E-state index contributed by atoms with van der Waals surface area (Å²) in [7, 11) is 0. The first-order chi connectivity index (χ1) is 14.8. The van der Waals surface area contributed by atoms with Crippen molar-refractivity contribution in [1.82, 2.24) is 9.97 Å². The van der Waals surface area contributed by atoms with Gasteiger partial charge in [0.25, 0.3) is 0 Å². The molecule has 1 aromatic heterocycles. The molecule has 0 atom stereocenters. The van der Waals surface area contributed by atoms with E-state index in [4.69, 9.17) is 4.74 Å². The molecule has 0 aliphatic heterocycles. The molecule has 0 N–H and O–H groups in total. The van der Waals surface area contributed by atoms with Crippen LogP contribution in [0.1, 0.15) is 69.1 Å². The number of aryl methyl sites for hydroxylation is 2. The van der Waals surface area contributed by atoms with Gasteiger partial charge in [-0.05, 0) is 42.4 Å². The Morgan fingerprint density at radius 3 is 1.73 bits per heavy atom. The van der Waals surface area contributed by atoms with E-state index in [2.05, 4.69) is 72.3 Å². The van der Waals surface area contributed by atoms with Crippen molar-refractivity contribution in [3.05, 3.63) is 77.6 Å². The highest BCUT2D eigenvalue weighted by atomic mass is 16.5. The maximum atomic E-state index is 5.82. The maximum absolute atomic E-state index is 5.82.